The largest absolute Gasteiger partial charge is 0.332 e. The first-order valence-corrected chi connectivity index (χ1v) is 17.3. The van der Waals surface area contributed by atoms with Gasteiger partial charge in [-0.1, -0.05) is 126 Å². The molecular formula is C47H35IrN3S-2. The second-order valence-electron chi connectivity index (χ2n) is 12.1. The molecule has 0 amide bonds. The Hall–Kier alpha value is -5.45. The van der Waals surface area contributed by atoms with Crippen LogP contribution >= 0.6 is 11.3 Å². The minimum absolute atomic E-state index is 0. The van der Waals surface area contributed by atoms with E-state index in [1.165, 1.54) is 30.0 Å². The van der Waals surface area contributed by atoms with Crippen molar-refractivity contribution >= 4 is 32.5 Å². The second-order valence-corrected chi connectivity index (χ2v) is 13.0. The van der Waals surface area contributed by atoms with Crippen LogP contribution < -0.4 is 0 Å². The van der Waals surface area contributed by atoms with Crippen LogP contribution in [0.4, 0.5) is 0 Å². The number of rotatable bonds is 5. The summed E-state index contributed by atoms with van der Waals surface area (Å²) >= 11 is 1.54. The summed E-state index contributed by atoms with van der Waals surface area (Å²) in [4.78, 5) is 9.26. The van der Waals surface area contributed by atoms with Crippen molar-refractivity contribution in [1.29, 1.82) is 0 Å². The van der Waals surface area contributed by atoms with Crippen LogP contribution in [0, 0.1) is 32.1 Å². The zero-order valence-corrected chi connectivity index (χ0v) is 31.2. The molecule has 1 radical (unpaired) electrons. The van der Waals surface area contributed by atoms with Gasteiger partial charge in [0.1, 0.15) is 0 Å². The maximum Gasteiger partial charge on any atom is 0.0774 e. The van der Waals surface area contributed by atoms with Crippen molar-refractivity contribution in [3.63, 3.8) is 0 Å². The molecular weight excluding hydrogens is 831 g/mol. The molecule has 0 fully saturated rings. The number of imidazole rings is 1. The van der Waals surface area contributed by atoms with Crippen LogP contribution in [0.25, 0.3) is 71.7 Å². The van der Waals surface area contributed by atoms with E-state index in [4.69, 9.17) is 14.6 Å². The second kappa shape index (κ2) is 15.4. The van der Waals surface area contributed by atoms with Gasteiger partial charge in [-0.2, -0.15) is 0 Å². The van der Waals surface area contributed by atoms with Crippen LogP contribution in [-0.4, -0.2) is 14.5 Å². The van der Waals surface area contributed by atoms with Crippen molar-refractivity contribution < 1.29 is 29.7 Å². The maximum atomic E-state index is 8.09. The summed E-state index contributed by atoms with van der Waals surface area (Å²) in [6.45, 7) is -2.18. The first kappa shape index (κ1) is 27.2. The quantitative estimate of drug-likeness (QED) is 0.161. The summed E-state index contributed by atoms with van der Waals surface area (Å²) in [5.41, 5.74) is 11.4. The van der Waals surface area contributed by atoms with Gasteiger partial charge < -0.3 is 9.55 Å². The fourth-order valence-electron chi connectivity index (χ4n) is 6.29. The average Bonchev–Trinajstić information content (AvgIpc) is 3.82. The summed E-state index contributed by atoms with van der Waals surface area (Å²) < 4.78 is 55.1. The first-order chi connectivity index (χ1) is 27.8. The van der Waals surface area contributed by atoms with Gasteiger partial charge in [0.05, 0.1) is 23.9 Å². The van der Waals surface area contributed by atoms with Crippen LogP contribution in [0.3, 0.4) is 0 Å². The summed E-state index contributed by atoms with van der Waals surface area (Å²) in [6, 6.07) is 50.8. The van der Waals surface area contributed by atoms with E-state index < -0.39 is 13.7 Å². The number of aryl methyl sites for hydroxylation is 3. The van der Waals surface area contributed by atoms with Crippen LogP contribution in [0.5, 0.6) is 0 Å². The van der Waals surface area contributed by atoms with Crippen molar-refractivity contribution in [2.45, 2.75) is 20.6 Å². The first-order valence-electron chi connectivity index (χ1n) is 20.0. The predicted molar refractivity (Wildman–Crippen MR) is 214 cm³/mol. The third-order valence-electron chi connectivity index (χ3n) is 8.64. The van der Waals surface area contributed by atoms with Crippen molar-refractivity contribution in [1.82, 2.24) is 14.5 Å². The normalized spacial score (nSPS) is 13.3. The molecule has 52 heavy (non-hydrogen) atoms. The number of hydrogen-bond acceptors (Lipinski definition) is 3. The molecule has 255 valence electrons. The van der Waals surface area contributed by atoms with E-state index in [1.54, 1.807) is 23.5 Å². The molecule has 0 atom stereocenters. The smallest absolute Gasteiger partial charge is 0.0774 e. The standard InChI is InChI=1S/C34H23N2S.C13H12N.Ir/c1-23-20-27(24-12-4-2-5-13-24)33(28(21-23)25-14-6-3-7-15-25)36-31-18-10-9-17-30(31)35-34(36)29-22-37-32-19-11-8-16-26(29)32;1-10-3-6-12(7-4-10)13-8-5-11(2)9-14-13;/h2-21H,1H3;3-6,8-9H,1-2H3;/q2*-1;/i11D;1D3,2D3;. The molecule has 0 unspecified atom stereocenters. The third kappa shape index (κ3) is 7.04. The monoisotopic (exact) mass is 873 g/mol. The summed E-state index contributed by atoms with van der Waals surface area (Å²) in [7, 11) is 0. The fourth-order valence-corrected chi connectivity index (χ4v) is 7.11. The van der Waals surface area contributed by atoms with Gasteiger partial charge in [0.2, 0.25) is 0 Å². The molecule has 3 heterocycles. The van der Waals surface area contributed by atoms with Crippen molar-refractivity contribution in [3.05, 3.63) is 186 Å². The molecule has 0 saturated carbocycles. The number of para-hydroxylation sites is 2. The van der Waals surface area contributed by atoms with Gasteiger partial charge in [0, 0.05) is 45.7 Å². The zero-order chi connectivity index (χ0) is 40.6. The van der Waals surface area contributed by atoms with Gasteiger partial charge in [-0.3, -0.25) is 16.3 Å². The zero-order valence-electron chi connectivity index (χ0n) is 35.0. The van der Waals surface area contributed by atoms with Gasteiger partial charge in [-0.05, 0) is 66.0 Å². The van der Waals surface area contributed by atoms with E-state index in [0.717, 1.165) is 60.4 Å². The van der Waals surface area contributed by atoms with E-state index in [-0.39, 0.29) is 31.2 Å². The van der Waals surface area contributed by atoms with Crippen molar-refractivity contribution in [2.75, 3.05) is 0 Å². The Labute approximate surface area is 332 Å². The fraction of sp³-hybridized carbons (Fsp3) is 0.0638. The molecule has 0 aliphatic rings. The Morgan fingerprint density at radius 1 is 0.712 bits per heavy atom. The third-order valence-corrected chi connectivity index (χ3v) is 9.51. The van der Waals surface area contributed by atoms with E-state index in [9.17, 15) is 0 Å². The predicted octanol–water partition coefficient (Wildman–Crippen LogP) is 12.5. The Balaban J connectivity index is 0.000000214. The number of nitrogens with zero attached hydrogens (tertiary/aromatic N) is 3. The van der Waals surface area contributed by atoms with Crippen LogP contribution in [-0.2, 0) is 20.1 Å². The van der Waals surface area contributed by atoms with Gasteiger partial charge in [0.25, 0.3) is 0 Å². The van der Waals surface area contributed by atoms with E-state index >= 15 is 0 Å². The molecule has 0 aliphatic heterocycles. The van der Waals surface area contributed by atoms with Gasteiger partial charge in [-0.15, -0.1) is 46.8 Å². The molecule has 0 saturated heterocycles. The summed E-state index contributed by atoms with van der Waals surface area (Å²) in [5.74, 6) is 0.855. The molecule has 3 nitrogen and oxygen atoms in total. The topological polar surface area (TPSA) is 30.7 Å². The van der Waals surface area contributed by atoms with E-state index in [1.807, 2.05) is 24.3 Å². The number of aromatic nitrogens is 3. The number of fused-ring (bicyclic) bond motifs is 2. The minimum Gasteiger partial charge on any atom is -0.332 e. The molecule has 6 aromatic carbocycles. The van der Waals surface area contributed by atoms with Gasteiger partial charge in [0.15, 0.2) is 0 Å². The maximum absolute atomic E-state index is 8.09. The number of benzene rings is 6. The Morgan fingerprint density at radius 3 is 2.06 bits per heavy atom. The molecule has 0 N–H and O–H groups in total. The number of thiophene rings is 1. The molecule has 0 aliphatic carbocycles. The number of hydrogen-bond donors (Lipinski definition) is 0. The number of pyridine rings is 1. The van der Waals surface area contributed by atoms with Gasteiger partial charge in [-0.25, -0.2) is 0 Å². The average molecular weight is 873 g/mol. The molecule has 0 spiro atoms. The molecule has 9 aromatic rings. The Kier molecular flexibility index (Phi) is 8.08. The van der Waals surface area contributed by atoms with Crippen molar-refractivity contribution in [2.24, 2.45) is 0 Å². The summed E-state index contributed by atoms with van der Waals surface area (Å²) in [6.07, 6.45) is 1.30. The van der Waals surface area contributed by atoms with E-state index in [0.29, 0.717) is 17.3 Å². The van der Waals surface area contributed by atoms with Crippen LogP contribution in [0.2, 0.25) is 0 Å². The Morgan fingerprint density at radius 2 is 1.40 bits per heavy atom. The van der Waals surface area contributed by atoms with Gasteiger partial charge >= 0.3 is 0 Å². The molecule has 5 heteroatoms. The van der Waals surface area contributed by atoms with E-state index in [2.05, 4.69) is 119 Å². The minimum atomic E-state index is -2.18. The van der Waals surface area contributed by atoms with Crippen molar-refractivity contribution in [3.8, 4) is 50.6 Å². The molecule has 3 aromatic heterocycles. The van der Waals surface area contributed by atoms with Crippen LogP contribution in [0.15, 0.2) is 158 Å². The Bertz CT molecular complexity index is 2750. The molecule has 9 rings (SSSR count). The van der Waals surface area contributed by atoms with Crippen LogP contribution in [0.1, 0.15) is 26.3 Å². The SMILES string of the molecule is [2H]C([2H])([2H])c1c[c-]c(-c2ccc(C([2H])([2H])[2H])cn2)cc1.[2H]c1ccc2c(-c3nc4ccccc4n3-c3c(-c4ccccc4)cc(C)cc3-c3ccccc3)[c-]sc2c1.[Ir]. The summed E-state index contributed by atoms with van der Waals surface area (Å²) in [5, 5.41) is 4.60. The molecule has 0 bridgehead atoms.